The van der Waals surface area contributed by atoms with Crippen LogP contribution in [0.25, 0.3) is 0 Å². The van der Waals surface area contributed by atoms with Gasteiger partial charge in [0.25, 0.3) is 0 Å². The first-order valence-corrected chi connectivity index (χ1v) is 9.74. The van der Waals surface area contributed by atoms with Gasteiger partial charge in [0.2, 0.25) is 0 Å². The fourth-order valence-corrected chi connectivity index (χ4v) is 2.78. The summed E-state index contributed by atoms with van der Waals surface area (Å²) >= 11 is 3.35. The third-order valence-electron chi connectivity index (χ3n) is 3.77. The monoisotopic (exact) mass is 424 g/mol. The molecule has 0 amide bonds. The molecule has 0 saturated heterocycles. The summed E-state index contributed by atoms with van der Waals surface area (Å²) in [5.41, 5.74) is 1.45. The van der Waals surface area contributed by atoms with Gasteiger partial charge in [0.1, 0.15) is 18.1 Å². The molecule has 1 aromatic rings. The Hall–Kier alpha value is -1.75. The second kappa shape index (κ2) is 11.8. The summed E-state index contributed by atoms with van der Waals surface area (Å²) < 4.78 is 19.8. The molecule has 0 N–H and O–H groups in total. The smallest absolute Gasteiger partial charge is 0.167 e. The van der Waals surface area contributed by atoms with Gasteiger partial charge in [0, 0.05) is 17.3 Å². The Morgan fingerprint density at radius 2 is 1.88 bits per heavy atom. The largest absolute Gasteiger partial charge is 0.488 e. The second-order valence-corrected chi connectivity index (χ2v) is 6.76. The van der Waals surface area contributed by atoms with Crippen LogP contribution in [0.4, 0.5) is 4.39 Å². The van der Waals surface area contributed by atoms with Crippen molar-refractivity contribution in [1.29, 1.82) is 0 Å². The summed E-state index contributed by atoms with van der Waals surface area (Å²) in [6.07, 6.45) is 5.59. The molecule has 1 aromatic carbocycles. The van der Waals surface area contributed by atoms with Gasteiger partial charge in [-0.1, -0.05) is 35.9 Å². The normalized spacial score (nSPS) is 13.6. The van der Waals surface area contributed by atoms with Crippen LogP contribution in [0.3, 0.4) is 0 Å². The molecule has 0 radical (unpaired) electrons. The fourth-order valence-electron chi connectivity index (χ4n) is 2.42. The van der Waals surface area contributed by atoms with Crippen molar-refractivity contribution in [3.05, 3.63) is 51.8 Å². The van der Waals surface area contributed by atoms with Crippen LogP contribution in [-0.2, 0) is 4.79 Å². The van der Waals surface area contributed by atoms with Crippen molar-refractivity contribution in [1.82, 2.24) is 0 Å². The van der Waals surface area contributed by atoms with E-state index in [1.54, 1.807) is 24.3 Å². The summed E-state index contributed by atoms with van der Waals surface area (Å²) in [5.74, 6) is 0.232. The molecule has 0 aliphatic heterocycles. The summed E-state index contributed by atoms with van der Waals surface area (Å²) in [6, 6.07) is 5.25. The maximum atomic E-state index is 13.2. The number of hydrogen-bond acceptors (Lipinski definition) is 3. The third-order valence-corrected chi connectivity index (χ3v) is 4.27. The second-order valence-electron chi connectivity index (χ2n) is 5.85. The zero-order valence-corrected chi connectivity index (χ0v) is 17.2. The molecule has 0 bridgehead atoms. The first-order chi connectivity index (χ1) is 12.5. The van der Waals surface area contributed by atoms with Crippen molar-refractivity contribution >= 4 is 27.5 Å². The Labute approximate surface area is 163 Å². The van der Waals surface area contributed by atoms with Crippen molar-refractivity contribution in [3.63, 3.8) is 0 Å². The van der Waals surface area contributed by atoms with Gasteiger partial charge < -0.3 is 9.53 Å². The summed E-state index contributed by atoms with van der Waals surface area (Å²) in [6.45, 7) is 5.79. The lowest BCUT2D eigenvalue weighted by Gasteiger charge is -2.13. The number of ketones is 2. The van der Waals surface area contributed by atoms with Gasteiger partial charge in [0.05, 0.1) is 11.4 Å². The Kier molecular flexibility index (Phi) is 10.1. The minimum absolute atomic E-state index is 0.0155. The Morgan fingerprint density at radius 1 is 1.15 bits per heavy atom. The first kappa shape index (κ1) is 22.3. The number of ether oxygens (including phenoxy) is 1. The van der Waals surface area contributed by atoms with E-state index in [4.69, 9.17) is 4.74 Å². The molecule has 1 aliphatic rings. The van der Waals surface area contributed by atoms with Gasteiger partial charge in [-0.25, -0.2) is 4.39 Å². The average molecular weight is 425 g/mol. The predicted octanol–water partition coefficient (Wildman–Crippen LogP) is 6.37. The minimum atomic E-state index is -0.123. The number of rotatable bonds is 7. The van der Waals surface area contributed by atoms with Crippen molar-refractivity contribution in [2.75, 3.05) is 6.61 Å². The van der Waals surface area contributed by atoms with Crippen LogP contribution in [0.5, 0.6) is 5.75 Å². The molecule has 26 heavy (non-hydrogen) atoms. The van der Waals surface area contributed by atoms with E-state index in [1.165, 1.54) is 13.0 Å². The lowest BCUT2D eigenvalue weighted by Crippen LogP contribution is -2.08. The Bertz CT molecular complexity index is 692. The standard InChI is InChI=1S/C19H20BrFO3.C2H6/c1-13(22)5-9-18(23)17-11-15(20)7-10-19(17)24-12-14-3-2-4-16(21)8-6-14;1-2/h6-8,10-11H,2-5,9,12H2,1H3;1-2H3. The highest BCUT2D eigenvalue weighted by Gasteiger charge is 2.15. The van der Waals surface area contributed by atoms with Crippen LogP contribution >= 0.6 is 15.9 Å². The van der Waals surface area contributed by atoms with E-state index >= 15 is 0 Å². The molecule has 0 saturated carbocycles. The number of halogens is 2. The lowest BCUT2D eigenvalue weighted by molar-refractivity contribution is -0.116. The maximum Gasteiger partial charge on any atom is 0.167 e. The van der Waals surface area contributed by atoms with Crippen LogP contribution in [0.15, 0.2) is 46.2 Å². The van der Waals surface area contributed by atoms with Crippen LogP contribution in [0.1, 0.15) is 63.2 Å². The van der Waals surface area contributed by atoms with Crippen molar-refractivity contribution < 1.29 is 18.7 Å². The quantitative estimate of drug-likeness (QED) is 0.477. The molecule has 0 unspecified atom stereocenters. The maximum absolute atomic E-state index is 13.2. The molecule has 0 aromatic heterocycles. The molecular formula is C21H26BrFO3. The Morgan fingerprint density at radius 3 is 2.58 bits per heavy atom. The average Bonchev–Trinajstić information content (AvgIpc) is 2.84. The molecule has 1 aliphatic carbocycles. The predicted molar refractivity (Wildman–Crippen MR) is 106 cm³/mol. The van der Waals surface area contributed by atoms with E-state index in [9.17, 15) is 14.0 Å². The molecule has 5 heteroatoms. The van der Waals surface area contributed by atoms with Gasteiger partial charge >= 0.3 is 0 Å². The van der Waals surface area contributed by atoms with Gasteiger partial charge in [-0.05, 0) is 56.0 Å². The number of hydrogen-bond donors (Lipinski definition) is 0. The van der Waals surface area contributed by atoms with Gasteiger partial charge in [-0.2, -0.15) is 0 Å². The number of carbonyl (C=O) groups excluding carboxylic acids is 2. The highest BCUT2D eigenvalue weighted by Crippen LogP contribution is 2.26. The highest BCUT2D eigenvalue weighted by molar-refractivity contribution is 9.10. The number of Topliss-reactive ketones (excluding diaryl/α,β-unsaturated/α-hetero) is 2. The van der Waals surface area contributed by atoms with Crippen LogP contribution in [0, 0.1) is 0 Å². The first-order valence-electron chi connectivity index (χ1n) is 8.95. The molecular weight excluding hydrogens is 399 g/mol. The van der Waals surface area contributed by atoms with E-state index in [1.807, 2.05) is 13.8 Å². The number of benzene rings is 1. The lowest BCUT2D eigenvalue weighted by atomic mass is 10.0. The molecule has 3 nitrogen and oxygen atoms in total. The zero-order chi connectivity index (χ0) is 19.5. The van der Waals surface area contributed by atoms with Crippen molar-refractivity contribution in [3.8, 4) is 5.75 Å². The summed E-state index contributed by atoms with van der Waals surface area (Å²) in [4.78, 5) is 23.4. The van der Waals surface area contributed by atoms with Crippen molar-refractivity contribution in [2.24, 2.45) is 0 Å². The minimum Gasteiger partial charge on any atom is -0.488 e. The fraction of sp³-hybridized carbons (Fsp3) is 0.429. The van der Waals surface area contributed by atoms with Gasteiger partial charge in [-0.3, -0.25) is 4.79 Å². The molecule has 0 spiro atoms. The van der Waals surface area contributed by atoms with Gasteiger partial charge in [0.15, 0.2) is 5.78 Å². The van der Waals surface area contributed by atoms with E-state index in [2.05, 4.69) is 15.9 Å². The molecule has 0 fully saturated rings. The van der Waals surface area contributed by atoms with Gasteiger partial charge in [-0.15, -0.1) is 0 Å². The van der Waals surface area contributed by atoms with E-state index in [-0.39, 0.29) is 30.2 Å². The summed E-state index contributed by atoms with van der Waals surface area (Å²) in [7, 11) is 0. The highest BCUT2D eigenvalue weighted by atomic mass is 79.9. The SMILES string of the molecule is CC.CC(=O)CCC(=O)c1cc(Br)ccc1OCC1=CC=C(F)CCC1. The third kappa shape index (κ3) is 7.65. The number of carbonyl (C=O) groups is 2. The van der Waals surface area contributed by atoms with E-state index < -0.39 is 0 Å². The molecule has 0 heterocycles. The molecule has 142 valence electrons. The van der Waals surface area contributed by atoms with Crippen LogP contribution in [0.2, 0.25) is 0 Å². The Balaban J connectivity index is 0.00000163. The van der Waals surface area contributed by atoms with Crippen molar-refractivity contribution in [2.45, 2.75) is 52.9 Å². The molecule has 2 rings (SSSR count). The van der Waals surface area contributed by atoms with Crippen LogP contribution in [-0.4, -0.2) is 18.2 Å². The van der Waals surface area contributed by atoms with E-state index in [0.29, 0.717) is 24.3 Å². The number of allylic oxidation sites excluding steroid dienone is 3. The zero-order valence-electron chi connectivity index (χ0n) is 15.6. The van der Waals surface area contributed by atoms with Crippen LogP contribution < -0.4 is 4.74 Å². The summed E-state index contributed by atoms with van der Waals surface area (Å²) in [5, 5.41) is 0. The molecule has 0 atom stereocenters. The topological polar surface area (TPSA) is 43.4 Å². The van der Waals surface area contributed by atoms with E-state index in [0.717, 1.165) is 22.9 Å².